The average molecular weight is 499 g/mol. The van der Waals surface area contributed by atoms with Crippen LogP contribution in [0.25, 0.3) is 11.1 Å². The van der Waals surface area contributed by atoms with Crippen molar-refractivity contribution in [3.05, 3.63) is 89.5 Å². The Morgan fingerprint density at radius 3 is 2.11 bits per heavy atom. The topological polar surface area (TPSA) is 94.1 Å². The van der Waals surface area contributed by atoms with Gasteiger partial charge in [-0.25, -0.2) is 9.59 Å². The summed E-state index contributed by atoms with van der Waals surface area (Å²) in [5, 5.41) is 12.2. The Morgan fingerprint density at radius 2 is 1.54 bits per heavy atom. The van der Waals surface area contributed by atoms with E-state index in [4.69, 9.17) is 14.0 Å². The molecular weight excluding hydrogens is 469 g/mol. The summed E-state index contributed by atoms with van der Waals surface area (Å²) in [5.74, 6) is -1.22. The number of carboxylic acids is 1. The molecule has 0 saturated carbocycles. The molecule has 2 aliphatic rings. The molecule has 190 valence electrons. The second kappa shape index (κ2) is 10.4. The minimum Gasteiger partial charge on any atom is -0.480 e. The summed E-state index contributed by atoms with van der Waals surface area (Å²) in [4.78, 5) is 24.5. The minimum absolute atomic E-state index is 0.0179. The number of hydrogen-bond acceptors (Lipinski definition) is 5. The van der Waals surface area contributed by atoms with E-state index in [1.54, 1.807) is 0 Å². The Bertz CT molecular complexity index is 1240. The van der Waals surface area contributed by atoms with E-state index in [1.165, 1.54) is 0 Å². The number of alkyl carbamates (subject to hydrolysis) is 1. The first-order valence-corrected chi connectivity index (χ1v) is 12.5. The van der Waals surface area contributed by atoms with Crippen LogP contribution in [-0.2, 0) is 25.3 Å². The molecule has 2 N–H and O–H groups in total. The molecule has 37 heavy (non-hydrogen) atoms. The second-order valence-electron chi connectivity index (χ2n) is 10.4. The van der Waals surface area contributed by atoms with Crippen LogP contribution >= 0.6 is 0 Å². The lowest BCUT2D eigenvalue weighted by Gasteiger charge is -2.33. The number of carboxylic acid groups (broad SMARTS) is 1. The molecule has 0 spiro atoms. The van der Waals surface area contributed by atoms with Crippen molar-refractivity contribution < 1.29 is 28.7 Å². The largest absolute Gasteiger partial charge is 0.493 e. The molecular formula is C29H30BNO6. The van der Waals surface area contributed by atoms with Crippen LogP contribution in [0.2, 0.25) is 0 Å². The van der Waals surface area contributed by atoms with Gasteiger partial charge in [-0.3, -0.25) is 0 Å². The molecule has 3 aromatic rings. The van der Waals surface area contributed by atoms with Crippen LogP contribution in [0.4, 0.5) is 4.79 Å². The zero-order chi connectivity index (χ0) is 26.0. The molecule has 0 aromatic heterocycles. The van der Waals surface area contributed by atoms with Crippen molar-refractivity contribution in [3.63, 3.8) is 0 Å². The van der Waals surface area contributed by atoms with Crippen LogP contribution in [0.15, 0.2) is 72.8 Å². The first-order valence-electron chi connectivity index (χ1n) is 12.5. The molecule has 0 radical (unpaired) electrons. The van der Waals surface area contributed by atoms with Gasteiger partial charge in [-0.1, -0.05) is 86.6 Å². The van der Waals surface area contributed by atoms with Crippen LogP contribution < -0.4 is 10.8 Å². The number of amides is 1. The fraction of sp³-hybridized carbons (Fsp3) is 0.310. The average Bonchev–Trinajstić information content (AvgIpc) is 3.21. The highest BCUT2D eigenvalue weighted by molar-refractivity contribution is 6.61. The predicted molar refractivity (Wildman–Crippen MR) is 141 cm³/mol. The molecule has 1 saturated heterocycles. The van der Waals surface area contributed by atoms with Crippen LogP contribution in [0, 0.1) is 5.41 Å². The molecule has 1 aliphatic carbocycles. The number of nitrogens with one attached hydrogen (secondary N) is 1. The Kier molecular flexibility index (Phi) is 7.04. The van der Waals surface area contributed by atoms with E-state index in [1.807, 2.05) is 60.7 Å². The summed E-state index contributed by atoms with van der Waals surface area (Å²) < 4.78 is 17.2. The third-order valence-corrected chi connectivity index (χ3v) is 6.88. The highest BCUT2D eigenvalue weighted by Crippen LogP contribution is 2.44. The van der Waals surface area contributed by atoms with Gasteiger partial charge in [-0.15, -0.1) is 0 Å². The first kappa shape index (κ1) is 25.1. The first-order chi connectivity index (χ1) is 17.8. The highest BCUT2D eigenvalue weighted by atomic mass is 16.6. The van der Waals surface area contributed by atoms with Crippen LogP contribution in [0.5, 0.6) is 0 Å². The van der Waals surface area contributed by atoms with Gasteiger partial charge in [0, 0.05) is 31.0 Å². The Balaban J connectivity index is 1.19. The molecule has 1 unspecified atom stereocenters. The summed E-state index contributed by atoms with van der Waals surface area (Å²) >= 11 is 0. The molecule has 8 heteroatoms. The van der Waals surface area contributed by atoms with Crippen molar-refractivity contribution in [1.29, 1.82) is 0 Å². The maximum Gasteiger partial charge on any atom is 0.493 e. The van der Waals surface area contributed by atoms with E-state index in [0.717, 1.165) is 33.3 Å². The summed E-state index contributed by atoms with van der Waals surface area (Å²) in [6, 6.07) is 22.4. The van der Waals surface area contributed by atoms with E-state index < -0.39 is 25.2 Å². The molecule has 5 rings (SSSR count). The maximum atomic E-state index is 12.6. The number of rotatable bonds is 7. The van der Waals surface area contributed by atoms with Crippen molar-refractivity contribution in [3.8, 4) is 11.1 Å². The van der Waals surface area contributed by atoms with Crippen LogP contribution in [0.3, 0.4) is 0 Å². The van der Waals surface area contributed by atoms with E-state index >= 15 is 0 Å². The Morgan fingerprint density at radius 1 is 0.973 bits per heavy atom. The molecule has 1 amide bonds. The molecule has 1 atom stereocenters. The fourth-order valence-electron chi connectivity index (χ4n) is 4.91. The normalized spacial score (nSPS) is 17.0. The van der Waals surface area contributed by atoms with E-state index in [2.05, 4.69) is 31.3 Å². The summed E-state index contributed by atoms with van der Waals surface area (Å²) in [6.07, 6.45) is -0.628. The Labute approximate surface area is 216 Å². The molecule has 7 nitrogen and oxygen atoms in total. The molecule has 3 aromatic carbocycles. The van der Waals surface area contributed by atoms with Gasteiger partial charge in [0.15, 0.2) is 0 Å². The number of carbonyl (C=O) groups is 2. The van der Waals surface area contributed by atoms with Gasteiger partial charge in [-0.05, 0) is 33.3 Å². The lowest BCUT2D eigenvalue weighted by Crippen LogP contribution is -2.47. The summed E-state index contributed by atoms with van der Waals surface area (Å²) in [6.45, 7) is 5.50. The molecule has 1 fully saturated rings. The SMILES string of the molecule is CC1(C)COB(c2ccc(CC(NC(=O)OCC3c4ccccc4-c4ccccc43)C(=O)O)cc2)OC1. The third kappa shape index (κ3) is 5.55. The summed E-state index contributed by atoms with van der Waals surface area (Å²) in [7, 11) is -0.434. The van der Waals surface area contributed by atoms with Gasteiger partial charge in [0.1, 0.15) is 12.6 Å². The predicted octanol–water partition coefficient (Wildman–Crippen LogP) is 3.99. The van der Waals surface area contributed by atoms with Crippen molar-refractivity contribution in [2.45, 2.75) is 32.2 Å². The number of fused-ring (bicyclic) bond motifs is 3. The van der Waals surface area contributed by atoms with Crippen LogP contribution in [-0.4, -0.2) is 50.1 Å². The number of carbonyl (C=O) groups excluding carboxylic acids is 1. The standard InChI is InChI=1S/C29H30BNO6/c1-29(2)17-36-30(37-18-29)20-13-11-19(12-14-20)15-26(27(32)33)31-28(34)35-16-25-23-9-5-3-7-21(23)22-8-4-6-10-24(22)25/h3-14,25-26H,15-18H2,1-2H3,(H,31,34)(H,32,33). The third-order valence-electron chi connectivity index (χ3n) is 6.88. The zero-order valence-electron chi connectivity index (χ0n) is 21.0. The van der Waals surface area contributed by atoms with Gasteiger partial charge in [0.05, 0.1) is 0 Å². The maximum absolute atomic E-state index is 12.6. The summed E-state index contributed by atoms with van der Waals surface area (Å²) in [5.41, 5.74) is 6.08. The Hall–Kier alpha value is -3.62. The highest BCUT2D eigenvalue weighted by Gasteiger charge is 2.33. The zero-order valence-corrected chi connectivity index (χ0v) is 21.0. The van der Waals surface area contributed by atoms with E-state index in [-0.39, 0.29) is 24.4 Å². The van der Waals surface area contributed by atoms with Gasteiger partial charge >= 0.3 is 19.2 Å². The lowest BCUT2D eigenvalue weighted by atomic mass is 9.75. The minimum atomic E-state index is -1.13. The smallest absolute Gasteiger partial charge is 0.480 e. The molecule has 1 heterocycles. The van der Waals surface area contributed by atoms with Crippen molar-refractivity contribution in [1.82, 2.24) is 5.32 Å². The van der Waals surface area contributed by atoms with Crippen molar-refractivity contribution in [2.24, 2.45) is 5.41 Å². The second-order valence-corrected chi connectivity index (χ2v) is 10.4. The van der Waals surface area contributed by atoms with Crippen molar-refractivity contribution >= 4 is 24.6 Å². The quantitative estimate of drug-likeness (QED) is 0.478. The fourth-order valence-corrected chi connectivity index (χ4v) is 4.91. The number of benzene rings is 3. The van der Waals surface area contributed by atoms with Gasteiger partial charge in [0.25, 0.3) is 0 Å². The number of ether oxygens (including phenoxy) is 1. The molecule has 0 bridgehead atoms. The van der Waals surface area contributed by atoms with Gasteiger partial charge in [0.2, 0.25) is 0 Å². The van der Waals surface area contributed by atoms with E-state index in [0.29, 0.717) is 13.2 Å². The number of hydrogen-bond donors (Lipinski definition) is 2. The van der Waals surface area contributed by atoms with E-state index in [9.17, 15) is 14.7 Å². The van der Waals surface area contributed by atoms with Crippen molar-refractivity contribution in [2.75, 3.05) is 19.8 Å². The number of aliphatic carboxylic acids is 1. The monoisotopic (exact) mass is 499 g/mol. The van der Waals surface area contributed by atoms with Crippen LogP contribution in [0.1, 0.15) is 36.5 Å². The molecule has 1 aliphatic heterocycles. The lowest BCUT2D eigenvalue weighted by molar-refractivity contribution is -0.139. The van der Waals surface area contributed by atoms with Gasteiger partial charge < -0.3 is 24.5 Å². The van der Waals surface area contributed by atoms with Gasteiger partial charge in [-0.2, -0.15) is 0 Å².